The van der Waals surface area contributed by atoms with E-state index in [2.05, 4.69) is 38.1 Å². The van der Waals surface area contributed by atoms with Crippen LogP contribution >= 0.6 is 11.3 Å². The van der Waals surface area contributed by atoms with Crippen molar-refractivity contribution in [3.63, 3.8) is 0 Å². The average Bonchev–Trinajstić information content (AvgIpc) is 2.87. The minimum Gasteiger partial charge on any atom is -0.465 e. The number of methoxy groups -OCH3 is 1. The van der Waals surface area contributed by atoms with Gasteiger partial charge in [0.2, 0.25) is 0 Å². The molecule has 0 amide bonds. The van der Waals surface area contributed by atoms with Crippen LogP contribution < -0.4 is 0 Å². The first-order valence-corrected chi connectivity index (χ1v) is 6.82. The van der Waals surface area contributed by atoms with Gasteiger partial charge in [-0.1, -0.05) is 38.1 Å². The standard InChI is InChI=1S/C15H16O2S/c1-10(2)11-4-6-12(7-5-11)13-8-18-9-14(13)15(16)17-3/h4-10H,1-3H3. The minimum absolute atomic E-state index is 0.279. The second kappa shape index (κ2) is 5.36. The average molecular weight is 260 g/mol. The lowest BCUT2D eigenvalue weighted by atomic mass is 9.98. The van der Waals surface area contributed by atoms with Crippen LogP contribution in [0.2, 0.25) is 0 Å². The lowest BCUT2D eigenvalue weighted by Gasteiger charge is -2.07. The normalized spacial score (nSPS) is 10.7. The van der Waals surface area contributed by atoms with Crippen LogP contribution in [0, 0.1) is 0 Å². The SMILES string of the molecule is COC(=O)c1cscc1-c1ccc(C(C)C)cc1. The van der Waals surface area contributed by atoms with Crippen LogP contribution in [-0.4, -0.2) is 13.1 Å². The van der Waals surface area contributed by atoms with Crippen molar-refractivity contribution in [2.24, 2.45) is 0 Å². The van der Waals surface area contributed by atoms with Crippen LogP contribution in [0.4, 0.5) is 0 Å². The maximum Gasteiger partial charge on any atom is 0.339 e. The molecule has 0 unspecified atom stereocenters. The first-order chi connectivity index (χ1) is 8.63. The van der Waals surface area contributed by atoms with Gasteiger partial charge >= 0.3 is 5.97 Å². The zero-order chi connectivity index (χ0) is 13.1. The molecule has 94 valence electrons. The summed E-state index contributed by atoms with van der Waals surface area (Å²) in [5.74, 6) is 0.237. The van der Waals surface area contributed by atoms with E-state index < -0.39 is 0 Å². The Morgan fingerprint density at radius 1 is 1.17 bits per heavy atom. The van der Waals surface area contributed by atoms with E-state index in [9.17, 15) is 4.79 Å². The van der Waals surface area contributed by atoms with Crippen LogP contribution in [0.15, 0.2) is 35.0 Å². The second-order valence-corrected chi connectivity index (χ2v) is 5.21. The maximum absolute atomic E-state index is 11.6. The van der Waals surface area contributed by atoms with E-state index in [-0.39, 0.29) is 5.97 Å². The summed E-state index contributed by atoms with van der Waals surface area (Å²) < 4.78 is 4.79. The summed E-state index contributed by atoms with van der Waals surface area (Å²) in [4.78, 5) is 11.6. The molecule has 18 heavy (non-hydrogen) atoms. The Morgan fingerprint density at radius 2 is 1.83 bits per heavy atom. The molecule has 1 heterocycles. The van der Waals surface area contributed by atoms with Crippen molar-refractivity contribution >= 4 is 17.3 Å². The third-order valence-corrected chi connectivity index (χ3v) is 3.70. The fraction of sp³-hybridized carbons (Fsp3) is 0.267. The summed E-state index contributed by atoms with van der Waals surface area (Å²) >= 11 is 1.51. The molecule has 2 rings (SSSR count). The molecule has 0 saturated heterocycles. The van der Waals surface area contributed by atoms with Gasteiger partial charge in [0.25, 0.3) is 0 Å². The van der Waals surface area contributed by atoms with Crippen LogP contribution in [0.3, 0.4) is 0 Å². The number of benzene rings is 1. The minimum atomic E-state index is -0.279. The van der Waals surface area contributed by atoms with Crippen molar-refractivity contribution in [3.05, 3.63) is 46.2 Å². The molecule has 0 aliphatic rings. The number of carbonyl (C=O) groups is 1. The number of ether oxygens (including phenoxy) is 1. The van der Waals surface area contributed by atoms with E-state index in [1.165, 1.54) is 24.0 Å². The molecule has 0 aliphatic heterocycles. The van der Waals surface area contributed by atoms with Gasteiger partial charge in [0, 0.05) is 10.9 Å². The smallest absolute Gasteiger partial charge is 0.339 e. The molecular formula is C15H16O2S. The van der Waals surface area contributed by atoms with E-state index in [1.54, 1.807) is 0 Å². The number of hydrogen-bond donors (Lipinski definition) is 0. The maximum atomic E-state index is 11.6. The summed E-state index contributed by atoms with van der Waals surface area (Å²) in [6, 6.07) is 8.34. The van der Waals surface area contributed by atoms with Crippen molar-refractivity contribution in [1.82, 2.24) is 0 Å². The zero-order valence-electron chi connectivity index (χ0n) is 10.8. The van der Waals surface area contributed by atoms with Gasteiger partial charge in [-0.15, -0.1) is 0 Å². The van der Waals surface area contributed by atoms with Gasteiger partial charge < -0.3 is 4.74 Å². The summed E-state index contributed by atoms with van der Waals surface area (Å²) in [6.07, 6.45) is 0. The molecule has 0 aliphatic carbocycles. The van der Waals surface area contributed by atoms with Gasteiger partial charge in [0.15, 0.2) is 0 Å². The number of hydrogen-bond acceptors (Lipinski definition) is 3. The van der Waals surface area contributed by atoms with E-state index >= 15 is 0 Å². The quantitative estimate of drug-likeness (QED) is 0.768. The molecule has 0 atom stereocenters. The van der Waals surface area contributed by atoms with Gasteiger partial charge in [-0.05, 0) is 22.4 Å². The van der Waals surface area contributed by atoms with Gasteiger partial charge in [-0.2, -0.15) is 11.3 Å². The topological polar surface area (TPSA) is 26.3 Å². The van der Waals surface area contributed by atoms with Crippen molar-refractivity contribution in [2.75, 3.05) is 7.11 Å². The van der Waals surface area contributed by atoms with Gasteiger partial charge in [-0.25, -0.2) is 4.79 Å². The van der Waals surface area contributed by atoms with Gasteiger partial charge in [0.1, 0.15) is 0 Å². The largest absolute Gasteiger partial charge is 0.465 e. The van der Waals surface area contributed by atoms with Crippen LogP contribution in [0.1, 0.15) is 35.7 Å². The monoisotopic (exact) mass is 260 g/mol. The molecule has 0 fully saturated rings. The number of thiophene rings is 1. The van der Waals surface area contributed by atoms with Crippen LogP contribution in [0.25, 0.3) is 11.1 Å². The third kappa shape index (κ3) is 2.46. The van der Waals surface area contributed by atoms with Gasteiger partial charge in [0.05, 0.1) is 12.7 Å². The fourth-order valence-corrected chi connectivity index (χ4v) is 2.66. The second-order valence-electron chi connectivity index (χ2n) is 4.47. The third-order valence-electron chi connectivity index (χ3n) is 2.96. The van der Waals surface area contributed by atoms with E-state index in [0.29, 0.717) is 11.5 Å². The van der Waals surface area contributed by atoms with Crippen molar-refractivity contribution in [1.29, 1.82) is 0 Å². The number of rotatable bonds is 3. The Bertz CT molecular complexity index is 538. The molecule has 1 aromatic heterocycles. The van der Waals surface area contributed by atoms with Crippen molar-refractivity contribution < 1.29 is 9.53 Å². The highest BCUT2D eigenvalue weighted by atomic mass is 32.1. The highest BCUT2D eigenvalue weighted by Crippen LogP contribution is 2.29. The molecule has 2 nitrogen and oxygen atoms in total. The highest BCUT2D eigenvalue weighted by molar-refractivity contribution is 7.08. The zero-order valence-corrected chi connectivity index (χ0v) is 11.6. The molecule has 0 bridgehead atoms. The summed E-state index contributed by atoms with van der Waals surface area (Å²) in [6.45, 7) is 4.33. The van der Waals surface area contributed by atoms with Crippen LogP contribution in [0.5, 0.6) is 0 Å². The Hall–Kier alpha value is -1.61. The van der Waals surface area contributed by atoms with E-state index in [0.717, 1.165) is 11.1 Å². The Balaban J connectivity index is 2.37. The molecule has 1 aromatic carbocycles. The fourth-order valence-electron chi connectivity index (χ4n) is 1.84. The molecular weight excluding hydrogens is 244 g/mol. The first kappa shape index (κ1) is 12.8. The number of carbonyl (C=O) groups excluding carboxylic acids is 1. The molecule has 0 radical (unpaired) electrons. The Morgan fingerprint density at radius 3 is 2.39 bits per heavy atom. The first-order valence-electron chi connectivity index (χ1n) is 5.88. The predicted octanol–water partition coefficient (Wildman–Crippen LogP) is 4.33. The van der Waals surface area contributed by atoms with Gasteiger partial charge in [-0.3, -0.25) is 0 Å². The predicted molar refractivity (Wildman–Crippen MR) is 75.2 cm³/mol. The summed E-state index contributed by atoms with van der Waals surface area (Å²) in [5.41, 5.74) is 3.94. The Labute approximate surface area is 111 Å². The molecule has 2 aromatic rings. The molecule has 0 saturated carbocycles. The Kier molecular flexibility index (Phi) is 3.82. The lowest BCUT2D eigenvalue weighted by Crippen LogP contribution is -2.00. The van der Waals surface area contributed by atoms with Crippen LogP contribution in [-0.2, 0) is 4.74 Å². The molecule has 0 N–H and O–H groups in total. The van der Waals surface area contributed by atoms with E-state index in [4.69, 9.17) is 4.74 Å². The highest BCUT2D eigenvalue weighted by Gasteiger charge is 2.14. The van der Waals surface area contributed by atoms with Crippen molar-refractivity contribution in [2.45, 2.75) is 19.8 Å². The molecule has 3 heteroatoms. The lowest BCUT2D eigenvalue weighted by molar-refractivity contribution is 0.0602. The molecule has 0 spiro atoms. The summed E-state index contributed by atoms with van der Waals surface area (Å²) in [5, 5.41) is 3.81. The summed E-state index contributed by atoms with van der Waals surface area (Å²) in [7, 11) is 1.41. The number of esters is 1. The van der Waals surface area contributed by atoms with E-state index in [1.807, 2.05) is 10.8 Å². The van der Waals surface area contributed by atoms with Crippen molar-refractivity contribution in [3.8, 4) is 11.1 Å².